The van der Waals surface area contributed by atoms with Crippen LogP contribution >= 0.6 is 0 Å². The van der Waals surface area contributed by atoms with E-state index in [9.17, 15) is 13.2 Å². The van der Waals surface area contributed by atoms with Gasteiger partial charge in [0.15, 0.2) is 0 Å². The van der Waals surface area contributed by atoms with Crippen LogP contribution in [0.2, 0.25) is 0 Å². The molecule has 0 spiro atoms. The van der Waals surface area contributed by atoms with Crippen LogP contribution in [0.4, 0.5) is 0 Å². The first kappa shape index (κ1) is 18.4. The number of carbonyl (C=O) groups excluding carboxylic acids is 1. The molecule has 0 aliphatic carbocycles. The number of sulfonamides is 1. The first-order valence-corrected chi connectivity index (χ1v) is 8.53. The number of nitrogens with one attached hydrogen (secondary N) is 1. The normalized spacial score (nSPS) is 13.1. The van der Waals surface area contributed by atoms with E-state index >= 15 is 0 Å². The van der Waals surface area contributed by atoms with Crippen molar-refractivity contribution in [1.29, 1.82) is 0 Å². The van der Waals surface area contributed by atoms with Gasteiger partial charge in [-0.1, -0.05) is 34.6 Å². The molecular weight excluding hydrogens is 264 g/mol. The van der Waals surface area contributed by atoms with Crippen molar-refractivity contribution in [3.63, 3.8) is 0 Å². The monoisotopic (exact) mass is 292 g/mol. The third kappa shape index (κ3) is 8.21. The van der Waals surface area contributed by atoms with Crippen molar-refractivity contribution in [1.82, 2.24) is 9.62 Å². The molecule has 0 saturated carbocycles. The van der Waals surface area contributed by atoms with E-state index in [2.05, 4.69) is 19.2 Å². The third-order valence-electron chi connectivity index (χ3n) is 2.75. The Morgan fingerprint density at radius 2 is 1.74 bits per heavy atom. The number of amides is 1. The molecule has 0 radical (unpaired) electrons. The van der Waals surface area contributed by atoms with E-state index in [0.717, 1.165) is 6.42 Å². The molecular formula is C13H28N2O3S. The standard InChI is InChI=1S/C13H28N2O3S/c1-11(2)7-9-15(19(6,17)18)10-8-14-12(16)13(3,4)5/h11H,7-10H2,1-6H3,(H,14,16). The lowest BCUT2D eigenvalue weighted by Gasteiger charge is -2.23. The molecule has 5 nitrogen and oxygen atoms in total. The molecule has 0 heterocycles. The minimum atomic E-state index is -3.21. The Morgan fingerprint density at radius 1 is 1.21 bits per heavy atom. The maximum absolute atomic E-state index is 11.7. The van der Waals surface area contributed by atoms with Gasteiger partial charge in [-0.25, -0.2) is 12.7 Å². The van der Waals surface area contributed by atoms with Crippen molar-refractivity contribution in [2.45, 2.75) is 41.0 Å². The topological polar surface area (TPSA) is 66.5 Å². The summed E-state index contributed by atoms with van der Waals surface area (Å²) in [6.07, 6.45) is 2.03. The van der Waals surface area contributed by atoms with Crippen LogP contribution in [0.15, 0.2) is 0 Å². The van der Waals surface area contributed by atoms with E-state index in [1.165, 1.54) is 10.6 Å². The van der Waals surface area contributed by atoms with Crippen LogP contribution in [0, 0.1) is 11.3 Å². The van der Waals surface area contributed by atoms with Gasteiger partial charge in [0.05, 0.1) is 6.26 Å². The third-order valence-corrected chi connectivity index (χ3v) is 4.06. The molecule has 1 N–H and O–H groups in total. The molecule has 6 heteroatoms. The van der Waals surface area contributed by atoms with E-state index in [1.807, 2.05) is 20.8 Å². The van der Waals surface area contributed by atoms with Gasteiger partial charge in [0, 0.05) is 25.0 Å². The zero-order valence-corrected chi connectivity index (χ0v) is 13.8. The highest BCUT2D eigenvalue weighted by atomic mass is 32.2. The average molecular weight is 292 g/mol. The average Bonchev–Trinajstić information content (AvgIpc) is 2.18. The highest BCUT2D eigenvalue weighted by molar-refractivity contribution is 7.88. The summed E-state index contributed by atoms with van der Waals surface area (Å²) in [6, 6.07) is 0. The van der Waals surface area contributed by atoms with Gasteiger partial charge in [-0.05, 0) is 12.3 Å². The molecule has 0 unspecified atom stereocenters. The van der Waals surface area contributed by atoms with Crippen LogP contribution in [0.1, 0.15) is 41.0 Å². The molecule has 0 aromatic rings. The smallest absolute Gasteiger partial charge is 0.225 e. The fraction of sp³-hybridized carbons (Fsp3) is 0.923. The van der Waals surface area contributed by atoms with Crippen LogP contribution in [0.5, 0.6) is 0 Å². The molecule has 114 valence electrons. The van der Waals surface area contributed by atoms with Crippen molar-refractivity contribution in [2.75, 3.05) is 25.9 Å². The van der Waals surface area contributed by atoms with Gasteiger partial charge in [0.2, 0.25) is 15.9 Å². The maximum Gasteiger partial charge on any atom is 0.225 e. The minimum Gasteiger partial charge on any atom is -0.354 e. The van der Waals surface area contributed by atoms with Gasteiger partial charge >= 0.3 is 0 Å². The fourth-order valence-electron chi connectivity index (χ4n) is 1.40. The lowest BCUT2D eigenvalue weighted by atomic mass is 9.96. The second-order valence-corrected chi connectivity index (χ2v) is 8.33. The zero-order chi connectivity index (χ0) is 15.3. The summed E-state index contributed by atoms with van der Waals surface area (Å²) in [6.45, 7) is 10.8. The van der Waals surface area contributed by atoms with E-state index in [0.29, 0.717) is 25.6 Å². The van der Waals surface area contributed by atoms with Crippen LogP contribution in [0.25, 0.3) is 0 Å². The molecule has 0 bridgehead atoms. The van der Waals surface area contributed by atoms with Crippen molar-refractivity contribution in [3.8, 4) is 0 Å². The Kier molecular flexibility index (Phi) is 7.00. The Hall–Kier alpha value is -0.620. The van der Waals surface area contributed by atoms with E-state index in [-0.39, 0.29) is 5.91 Å². The van der Waals surface area contributed by atoms with Gasteiger partial charge in [0.1, 0.15) is 0 Å². The van der Waals surface area contributed by atoms with Crippen LogP contribution < -0.4 is 5.32 Å². The van der Waals surface area contributed by atoms with Gasteiger partial charge in [-0.3, -0.25) is 4.79 Å². The molecule has 0 rings (SSSR count). The van der Waals surface area contributed by atoms with Crippen LogP contribution in [-0.4, -0.2) is 44.5 Å². The molecule has 0 atom stereocenters. The number of rotatable bonds is 7. The minimum absolute atomic E-state index is 0.0650. The van der Waals surface area contributed by atoms with Gasteiger partial charge in [0.25, 0.3) is 0 Å². The molecule has 19 heavy (non-hydrogen) atoms. The first-order chi connectivity index (χ1) is 8.44. The SMILES string of the molecule is CC(C)CCN(CCNC(=O)C(C)(C)C)S(C)(=O)=O. The number of hydrogen-bond donors (Lipinski definition) is 1. The molecule has 0 aromatic heterocycles. The second kappa shape index (κ2) is 7.24. The van der Waals surface area contributed by atoms with E-state index in [4.69, 9.17) is 0 Å². The number of carbonyl (C=O) groups is 1. The summed E-state index contributed by atoms with van der Waals surface area (Å²) in [7, 11) is -3.21. The second-order valence-electron chi connectivity index (χ2n) is 6.35. The van der Waals surface area contributed by atoms with E-state index < -0.39 is 15.4 Å². The fourth-order valence-corrected chi connectivity index (χ4v) is 2.26. The van der Waals surface area contributed by atoms with Crippen molar-refractivity contribution < 1.29 is 13.2 Å². The Labute approximate surface area is 117 Å². The van der Waals surface area contributed by atoms with E-state index in [1.54, 1.807) is 0 Å². The summed E-state index contributed by atoms with van der Waals surface area (Å²) in [5.41, 5.74) is -0.451. The molecule has 0 fully saturated rings. The van der Waals surface area contributed by atoms with Gasteiger partial charge < -0.3 is 5.32 Å². The quantitative estimate of drug-likeness (QED) is 0.772. The zero-order valence-electron chi connectivity index (χ0n) is 13.0. The summed E-state index contributed by atoms with van der Waals surface area (Å²) in [5, 5.41) is 2.77. The highest BCUT2D eigenvalue weighted by Crippen LogP contribution is 2.12. The van der Waals surface area contributed by atoms with Crippen molar-refractivity contribution in [2.24, 2.45) is 11.3 Å². The number of hydrogen-bond acceptors (Lipinski definition) is 3. The summed E-state index contributed by atoms with van der Waals surface area (Å²) in [5.74, 6) is 0.387. The molecule has 0 saturated heterocycles. The largest absolute Gasteiger partial charge is 0.354 e. The summed E-state index contributed by atoms with van der Waals surface area (Å²) >= 11 is 0. The van der Waals surface area contributed by atoms with Crippen LogP contribution in [-0.2, 0) is 14.8 Å². The number of nitrogens with zero attached hydrogens (tertiary/aromatic N) is 1. The van der Waals surface area contributed by atoms with Crippen LogP contribution in [0.3, 0.4) is 0 Å². The lowest BCUT2D eigenvalue weighted by molar-refractivity contribution is -0.128. The van der Waals surface area contributed by atoms with Gasteiger partial charge in [-0.15, -0.1) is 0 Å². The Morgan fingerprint density at radius 3 is 2.11 bits per heavy atom. The predicted octanol–water partition coefficient (Wildman–Crippen LogP) is 1.46. The van der Waals surface area contributed by atoms with Gasteiger partial charge in [-0.2, -0.15) is 0 Å². The molecule has 0 aliphatic rings. The Balaban J connectivity index is 4.33. The summed E-state index contributed by atoms with van der Waals surface area (Å²) < 4.78 is 24.7. The highest BCUT2D eigenvalue weighted by Gasteiger charge is 2.22. The first-order valence-electron chi connectivity index (χ1n) is 6.68. The molecule has 1 amide bonds. The lowest BCUT2D eigenvalue weighted by Crippen LogP contribution is -2.42. The predicted molar refractivity (Wildman–Crippen MR) is 78.3 cm³/mol. The molecule has 0 aliphatic heterocycles. The molecule has 0 aromatic carbocycles. The Bertz CT molecular complexity index is 383. The van der Waals surface area contributed by atoms with Crippen molar-refractivity contribution in [3.05, 3.63) is 0 Å². The van der Waals surface area contributed by atoms with Crippen molar-refractivity contribution >= 4 is 15.9 Å². The summed E-state index contributed by atoms with van der Waals surface area (Å²) in [4.78, 5) is 11.7. The maximum atomic E-state index is 11.7.